The standard InChI is InChI=1S/C18H22O4/c1-20-15-7-5-14(6-8-15)17(19)10-9-16-13-21-18(22-16)11-3-2-4-12-18/h5-10,16H,2-4,11-13H2,1H3/b10-9-/t16-/m0/s1. The molecule has 1 saturated heterocycles. The van der Waals surface area contributed by atoms with Crippen LogP contribution in [-0.4, -0.2) is 31.4 Å². The molecule has 4 nitrogen and oxygen atoms in total. The van der Waals surface area contributed by atoms with E-state index in [1.807, 2.05) is 6.08 Å². The molecule has 1 aliphatic heterocycles. The maximum absolute atomic E-state index is 12.1. The lowest BCUT2D eigenvalue weighted by molar-refractivity contribution is -0.182. The van der Waals surface area contributed by atoms with Crippen molar-refractivity contribution in [2.75, 3.05) is 13.7 Å². The van der Waals surface area contributed by atoms with Crippen molar-refractivity contribution < 1.29 is 19.0 Å². The molecule has 0 aromatic heterocycles. The van der Waals surface area contributed by atoms with Crippen LogP contribution in [0, 0.1) is 0 Å². The van der Waals surface area contributed by atoms with Crippen molar-refractivity contribution >= 4 is 5.78 Å². The number of hydrogen-bond donors (Lipinski definition) is 0. The van der Waals surface area contributed by atoms with E-state index < -0.39 is 5.79 Å². The molecule has 1 heterocycles. The van der Waals surface area contributed by atoms with Crippen LogP contribution in [0.2, 0.25) is 0 Å². The van der Waals surface area contributed by atoms with Crippen molar-refractivity contribution in [3.8, 4) is 5.75 Å². The normalized spacial score (nSPS) is 24.0. The van der Waals surface area contributed by atoms with Crippen LogP contribution < -0.4 is 4.74 Å². The zero-order valence-corrected chi connectivity index (χ0v) is 12.9. The van der Waals surface area contributed by atoms with Gasteiger partial charge in [-0.1, -0.05) is 6.42 Å². The number of benzene rings is 1. The minimum Gasteiger partial charge on any atom is -0.497 e. The minimum absolute atomic E-state index is 0.0316. The van der Waals surface area contributed by atoms with Crippen LogP contribution in [0.4, 0.5) is 0 Å². The maximum Gasteiger partial charge on any atom is 0.185 e. The fourth-order valence-electron chi connectivity index (χ4n) is 3.07. The summed E-state index contributed by atoms with van der Waals surface area (Å²) in [6.45, 7) is 0.534. The van der Waals surface area contributed by atoms with E-state index in [-0.39, 0.29) is 11.9 Å². The topological polar surface area (TPSA) is 44.8 Å². The lowest BCUT2D eigenvalue weighted by Crippen LogP contribution is -2.33. The van der Waals surface area contributed by atoms with Crippen LogP contribution >= 0.6 is 0 Å². The summed E-state index contributed by atoms with van der Waals surface area (Å²) < 4.78 is 17.0. The summed E-state index contributed by atoms with van der Waals surface area (Å²) in [5.74, 6) is 0.319. The van der Waals surface area contributed by atoms with Crippen LogP contribution in [0.15, 0.2) is 36.4 Å². The zero-order chi connectivity index (χ0) is 15.4. The highest BCUT2D eigenvalue weighted by Crippen LogP contribution is 2.37. The van der Waals surface area contributed by atoms with E-state index in [0.717, 1.165) is 31.4 Å². The van der Waals surface area contributed by atoms with Crippen molar-refractivity contribution in [3.05, 3.63) is 42.0 Å². The number of ether oxygens (including phenoxy) is 3. The third-order valence-electron chi connectivity index (χ3n) is 4.33. The summed E-state index contributed by atoms with van der Waals surface area (Å²) in [5, 5.41) is 0. The second-order valence-corrected chi connectivity index (χ2v) is 5.89. The Morgan fingerprint density at radius 3 is 2.64 bits per heavy atom. The molecule has 1 saturated carbocycles. The van der Waals surface area contributed by atoms with Gasteiger partial charge in [0.25, 0.3) is 0 Å². The van der Waals surface area contributed by atoms with Crippen molar-refractivity contribution in [3.63, 3.8) is 0 Å². The van der Waals surface area contributed by atoms with E-state index in [2.05, 4.69) is 0 Å². The second-order valence-electron chi connectivity index (χ2n) is 5.89. The Bertz CT molecular complexity index is 541. The molecule has 4 heteroatoms. The summed E-state index contributed by atoms with van der Waals surface area (Å²) in [6, 6.07) is 7.10. The molecule has 1 aromatic rings. The molecule has 22 heavy (non-hydrogen) atoms. The number of carbonyl (C=O) groups is 1. The van der Waals surface area contributed by atoms with E-state index >= 15 is 0 Å². The van der Waals surface area contributed by atoms with Crippen LogP contribution in [0.3, 0.4) is 0 Å². The van der Waals surface area contributed by atoms with Gasteiger partial charge in [-0.05, 0) is 49.3 Å². The van der Waals surface area contributed by atoms with Crippen LogP contribution in [-0.2, 0) is 9.47 Å². The van der Waals surface area contributed by atoms with Gasteiger partial charge in [0, 0.05) is 18.4 Å². The third-order valence-corrected chi connectivity index (χ3v) is 4.33. The molecule has 1 atom stereocenters. The van der Waals surface area contributed by atoms with Crippen molar-refractivity contribution in [1.82, 2.24) is 0 Å². The first-order valence-corrected chi connectivity index (χ1v) is 7.89. The maximum atomic E-state index is 12.1. The Hall–Kier alpha value is -1.65. The van der Waals surface area contributed by atoms with Gasteiger partial charge >= 0.3 is 0 Å². The Morgan fingerprint density at radius 1 is 1.23 bits per heavy atom. The van der Waals surface area contributed by atoms with Crippen LogP contribution in [0.5, 0.6) is 5.75 Å². The highest BCUT2D eigenvalue weighted by atomic mass is 16.7. The van der Waals surface area contributed by atoms with Gasteiger partial charge in [0.05, 0.1) is 13.7 Å². The molecular formula is C18H22O4. The largest absolute Gasteiger partial charge is 0.497 e. The fraction of sp³-hybridized carbons (Fsp3) is 0.500. The van der Waals surface area contributed by atoms with Crippen molar-refractivity contribution in [1.29, 1.82) is 0 Å². The molecule has 118 valence electrons. The number of allylic oxidation sites excluding steroid dienone is 1. The molecule has 1 spiro atoms. The van der Waals surface area contributed by atoms with Gasteiger partial charge in [-0.2, -0.15) is 0 Å². The number of methoxy groups -OCH3 is 1. The number of rotatable bonds is 4. The smallest absolute Gasteiger partial charge is 0.185 e. The lowest BCUT2D eigenvalue weighted by Gasteiger charge is -2.31. The summed E-state index contributed by atoms with van der Waals surface area (Å²) in [5.41, 5.74) is 0.642. The molecule has 0 amide bonds. The van der Waals surface area contributed by atoms with Crippen molar-refractivity contribution in [2.24, 2.45) is 0 Å². The molecule has 2 aliphatic rings. The molecule has 3 rings (SSSR count). The highest BCUT2D eigenvalue weighted by molar-refractivity contribution is 6.04. The molecule has 0 radical (unpaired) electrons. The summed E-state index contributed by atoms with van der Waals surface area (Å²) >= 11 is 0. The molecule has 0 bridgehead atoms. The predicted octanol–water partition coefficient (Wildman–Crippen LogP) is 3.51. The summed E-state index contributed by atoms with van der Waals surface area (Å²) in [4.78, 5) is 12.1. The van der Waals surface area contributed by atoms with E-state index in [1.54, 1.807) is 37.5 Å². The highest BCUT2D eigenvalue weighted by Gasteiger charge is 2.41. The van der Waals surface area contributed by atoms with Gasteiger partial charge in [-0.15, -0.1) is 0 Å². The number of carbonyl (C=O) groups excluding carboxylic acids is 1. The summed E-state index contributed by atoms with van der Waals surface area (Å²) in [7, 11) is 1.61. The van der Waals surface area contributed by atoms with E-state index in [1.165, 1.54) is 6.42 Å². The Labute approximate surface area is 131 Å². The van der Waals surface area contributed by atoms with Gasteiger partial charge in [0.1, 0.15) is 11.9 Å². The van der Waals surface area contributed by atoms with Crippen molar-refractivity contribution in [2.45, 2.75) is 44.0 Å². The van der Waals surface area contributed by atoms with Gasteiger partial charge < -0.3 is 14.2 Å². The van der Waals surface area contributed by atoms with E-state index in [9.17, 15) is 4.79 Å². The predicted molar refractivity (Wildman–Crippen MR) is 83.1 cm³/mol. The molecular weight excluding hydrogens is 280 g/mol. The van der Waals surface area contributed by atoms with Gasteiger partial charge in [-0.25, -0.2) is 0 Å². The zero-order valence-electron chi connectivity index (χ0n) is 12.9. The molecule has 2 fully saturated rings. The lowest BCUT2D eigenvalue weighted by atomic mass is 9.94. The number of hydrogen-bond acceptors (Lipinski definition) is 4. The third kappa shape index (κ3) is 3.39. The van der Waals surface area contributed by atoms with Gasteiger partial charge in [0.2, 0.25) is 0 Å². The SMILES string of the molecule is COc1ccc(C(=O)/C=C\[C@H]2COC3(CCCCC3)O2)cc1. The first kappa shape index (κ1) is 15.3. The molecule has 1 aromatic carbocycles. The van der Waals surface area contributed by atoms with Gasteiger partial charge in [0.15, 0.2) is 11.6 Å². The average molecular weight is 302 g/mol. The van der Waals surface area contributed by atoms with Crippen LogP contribution in [0.1, 0.15) is 42.5 Å². The number of ketones is 1. The van der Waals surface area contributed by atoms with E-state index in [4.69, 9.17) is 14.2 Å². The first-order chi connectivity index (χ1) is 10.7. The Kier molecular flexibility index (Phi) is 4.60. The Balaban J connectivity index is 1.58. The van der Waals surface area contributed by atoms with Gasteiger partial charge in [-0.3, -0.25) is 4.79 Å². The Morgan fingerprint density at radius 2 is 1.95 bits per heavy atom. The molecule has 0 N–H and O–H groups in total. The minimum atomic E-state index is -0.392. The quantitative estimate of drug-likeness (QED) is 0.630. The fourth-order valence-corrected chi connectivity index (χ4v) is 3.07. The van der Waals surface area contributed by atoms with Crippen LogP contribution in [0.25, 0.3) is 0 Å². The monoisotopic (exact) mass is 302 g/mol. The van der Waals surface area contributed by atoms with E-state index in [0.29, 0.717) is 12.2 Å². The molecule has 0 unspecified atom stereocenters. The average Bonchev–Trinajstić information content (AvgIpc) is 2.96. The second kappa shape index (κ2) is 6.63. The summed E-state index contributed by atoms with van der Waals surface area (Å²) in [6.07, 6.45) is 8.76. The molecule has 1 aliphatic carbocycles. The first-order valence-electron chi connectivity index (χ1n) is 7.89.